The molecule has 104 valence electrons. The summed E-state index contributed by atoms with van der Waals surface area (Å²) in [6, 6.07) is 4.90. The van der Waals surface area contributed by atoms with Crippen molar-refractivity contribution in [2.75, 3.05) is 34.4 Å². The molecule has 1 N–H and O–H groups in total. The molecule has 0 saturated heterocycles. The minimum Gasteiger partial charge on any atom is -0.544 e. The quantitative estimate of drug-likeness (QED) is 0.587. The summed E-state index contributed by atoms with van der Waals surface area (Å²) < 4.78 is 10.2. The molecule has 0 saturated carbocycles. The fourth-order valence-electron chi connectivity index (χ4n) is 1.71. The summed E-state index contributed by atoms with van der Waals surface area (Å²) in [6.45, 7) is -0.185. The average molecular weight is 267 g/mol. The Balaban J connectivity index is 2.88. The van der Waals surface area contributed by atoms with Crippen molar-refractivity contribution in [1.82, 2.24) is 0 Å². The van der Waals surface area contributed by atoms with Crippen LogP contribution in [0.2, 0.25) is 0 Å². The summed E-state index contributed by atoms with van der Waals surface area (Å²) in [5.41, 5.74) is 0.375. The summed E-state index contributed by atoms with van der Waals surface area (Å²) in [7, 11) is 4.58. The van der Waals surface area contributed by atoms with E-state index in [9.17, 15) is 14.7 Å². The highest BCUT2D eigenvalue weighted by molar-refractivity contribution is 5.99. The van der Waals surface area contributed by atoms with Crippen LogP contribution in [0.15, 0.2) is 18.2 Å². The number of Topliss-reactive ketones (excluding diaryl/α,β-unsaturated/α-hetero) is 1. The number of carboxylic acid groups (broad SMARTS) is 1. The highest BCUT2D eigenvalue weighted by Gasteiger charge is 2.17. The molecule has 0 aliphatic heterocycles. The Kier molecular flexibility index (Phi) is 5.32. The van der Waals surface area contributed by atoms with Crippen LogP contribution in [0.5, 0.6) is 11.5 Å². The minimum atomic E-state index is -1.19. The topological polar surface area (TPSA) is 80.1 Å². The van der Waals surface area contributed by atoms with Crippen LogP contribution in [0.4, 0.5) is 0 Å². The third-order valence-corrected chi connectivity index (χ3v) is 2.62. The Labute approximate surface area is 111 Å². The lowest BCUT2D eigenvalue weighted by Crippen LogP contribution is -3.11. The number of likely N-dealkylation sites (N-methyl/N-ethyl adjacent to an activating group) is 1. The van der Waals surface area contributed by atoms with E-state index in [1.165, 1.54) is 14.2 Å². The number of benzene rings is 1. The first-order valence-electron chi connectivity index (χ1n) is 5.74. The summed E-state index contributed by atoms with van der Waals surface area (Å²) >= 11 is 0. The summed E-state index contributed by atoms with van der Waals surface area (Å²) in [5, 5.41) is 10.5. The van der Waals surface area contributed by atoms with Crippen LogP contribution < -0.4 is 19.5 Å². The third kappa shape index (κ3) is 4.26. The van der Waals surface area contributed by atoms with Gasteiger partial charge in [0.15, 0.2) is 0 Å². The predicted molar refractivity (Wildman–Crippen MR) is 65.5 cm³/mol. The number of carbonyl (C=O) groups excluding carboxylic acids is 2. The van der Waals surface area contributed by atoms with Crippen LogP contribution in [-0.4, -0.2) is 46.1 Å². The highest BCUT2D eigenvalue weighted by atomic mass is 16.5. The lowest BCUT2D eigenvalue weighted by Gasteiger charge is -2.15. The van der Waals surface area contributed by atoms with Gasteiger partial charge in [0.25, 0.3) is 0 Å². The zero-order valence-corrected chi connectivity index (χ0v) is 11.2. The number of hydrogen-bond donors (Lipinski definition) is 1. The SMILES string of the molecule is COc1ccc(OC)c(C(=O)C[NH+](C)CC(=O)[O-])c1. The number of methoxy groups -OCH3 is 2. The Hall–Kier alpha value is -2.08. The molecular formula is C13H17NO5. The Morgan fingerprint density at radius 2 is 1.89 bits per heavy atom. The van der Waals surface area contributed by atoms with Gasteiger partial charge in [-0.15, -0.1) is 0 Å². The second-order valence-corrected chi connectivity index (χ2v) is 4.17. The molecule has 0 fully saturated rings. The summed E-state index contributed by atoms with van der Waals surface area (Å²) in [6.07, 6.45) is 0. The largest absolute Gasteiger partial charge is 0.544 e. The van der Waals surface area contributed by atoms with E-state index in [2.05, 4.69) is 0 Å². The molecule has 1 aromatic rings. The molecular weight excluding hydrogens is 250 g/mol. The van der Waals surface area contributed by atoms with Gasteiger partial charge in [-0.25, -0.2) is 0 Å². The maximum Gasteiger partial charge on any atom is 0.220 e. The Bertz CT molecular complexity index is 472. The smallest absolute Gasteiger partial charge is 0.220 e. The summed E-state index contributed by atoms with van der Waals surface area (Å²) in [5.74, 6) is -0.425. The van der Waals surface area contributed by atoms with E-state index in [0.29, 0.717) is 22.0 Å². The van der Waals surface area contributed by atoms with Gasteiger partial charge in [-0.05, 0) is 18.2 Å². The van der Waals surface area contributed by atoms with Crippen LogP contribution in [0.3, 0.4) is 0 Å². The molecule has 1 atom stereocenters. The first-order chi connectivity index (χ1) is 8.97. The van der Waals surface area contributed by atoms with Crippen molar-refractivity contribution in [2.45, 2.75) is 0 Å². The van der Waals surface area contributed by atoms with Crippen molar-refractivity contribution in [1.29, 1.82) is 0 Å². The molecule has 1 aromatic carbocycles. The minimum absolute atomic E-state index is 0.0392. The van der Waals surface area contributed by atoms with Gasteiger partial charge in [0.05, 0.1) is 32.8 Å². The van der Waals surface area contributed by atoms with Crippen molar-refractivity contribution in [2.24, 2.45) is 0 Å². The van der Waals surface area contributed by atoms with Crippen LogP contribution in [0.1, 0.15) is 10.4 Å². The van der Waals surface area contributed by atoms with Crippen molar-refractivity contribution in [3.8, 4) is 11.5 Å². The number of ketones is 1. The van der Waals surface area contributed by atoms with Crippen molar-refractivity contribution in [3.63, 3.8) is 0 Å². The van der Waals surface area contributed by atoms with Gasteiger partial charge in [-0.3, -0.25) is 4.79 Å². The number of quaternary nitrogens is 1. The standard InChI is InChI=1S/C13H17NO5/c1-14(8-13(16)17)7-11(15)10-6-9(18-2)4-5-12(10)19-3/h4-6H,7-8H2,1-3H3,(H,16,17). The van der Waals surface area contributed by atoms with E-state index >= 15 is 0 Å². The number of hydrogen-bond acceptors (Lipinski definition) is 5. The van der Waals surface area contributed by atoms with Gasteiger partial charge in [0, 0.05) is 0 Å². The summed E-state index contributed by atoms with van der Waals surface area (Å²) in [4.78, 5) is 23.1. The normalized spacial score (nSPS) is 11.7. The Morgan fingerprint density at radius 1 is 1.21 bits per heavy atom. The molecule has 0 amide bonds. The van der Waals surface area contributed by atoms with E-state index in [-0.39, 0.29) is 18.9 Å². The van der Waals surface area contributed by atoms with Gasteiger partial charge >= 0.3 is 0 Å². The monoisotopic (exact) mass is 267 g/mol. The molecule has 6 heteroatoms. The number of ether oxygens (including phenoxy) is 2. The first kappa shape index (κ1) is 15.0. The number of rotatable bonds is 7. The molecule has 0 aliphatic rings. The van der Waals surface area contributed by atoms with Gasteiger partial charge < -0.3 is 24.3 Å². The molecule has 1 rings (SSSR count). The molecule has 0 aliphatic carbocycles. The second-order valence-electron chi connectivity index (χ2n) is 4.17. The van der Waals surface area contributed by atoms with Gasteiger partial charge in [0.2, 0.25) is 5.78 Å². The maximum absolute atomic E-state index is 12.1. The molecule has 0 aromatic heterocycles. The van der Waals surface area contributed by atoms with E-state index in [1.54, 1.807) is 25.2 Å². The van der Waals surface area contributed by atoms with E-state index in [4.69, 9.17) is 9.47 Å². The Morgan fingerprint density at radius 3 is 2.42 bits per heavy atom. The number of carbonyl (C=O) groups is 2. The number of nitrogens with one attached hydrogen (secondary N) is 1. The average Bonchev–Trinajstić information content (AvgIpc) is 2.36. The van der Waals surface area contributed by atoms with Crippen molar-refractivity contribution >= 4 is 11.8 Å². The van der Waals surface area contributed by atoms with E-state index in [0.717, 1.165) is 0 Å². The molecule has 0 heterocycles. The van der Waals surface area contributed by atoms with Crippen LogP contribution in [0.25, 0.3) is 0 Å². The molecule has 6 nitrogen and oxygen atoms in total. The third-order valence-electron chi connectivity index (χ3n) is 2.62. The van der Waals surface area contributed by atoms with Crippen LogP contribution in [-0.2, 0) is 4.79 Å². The van der Waals surface area contributed by atoms with Gasteiger partial charge in [-0.2, -0.15) is 0 Å². The van der Waals surface area contributed by atoms with Crippen LogP contribution in [0, 0.1) is 0 Å². The van der Waals surface area contributed by atoms with Crippen molar-refractivity contribution < 1.29 is 29.1 Å². The van der Waals surface area contributed by atoms with E-state index < -0.39 is 5.97 Å². The number of aliphatic carboxylic acids is 1. The lowest BCUT2D eigenvalue weighted by atomic mass is 10.1. The molecule has 0 spiro atoms. The fraction of sp³-hybridized carbons (Fsp3) is 0.385. The molecule has 0 bridgehead atoms. The van der Waals surface area contributed by atoms with Gasteiger partial charge in [0.1, 0.15) is 24.6 Å². The highest BCUT2D eigenvalue weighted by Crippen LogP contribution is 2.23. The zero-order valence-electron chi connectivity index (χ0n) is 11.2. The molecule has 1 unspecified atom stereocenters. The first-order valence-corrected chi connectivity index (χ1v) is 5.74. The fourth-order valence-corrected chi connectivity index (χ4v) is 1.71. The molecule has 0 radical (unpaired) electrons. The van der Waals surface area contributed by atoms with Gasteiger partial charge in [-0.1, -0.05) is 0 Å². The molecule has 19 heavy (non-hydrogen) atoms. The number of carboxylic acids is 1. The maximum atomic E-state index is 12.1. The van der Waals surface area contributed by atoms with E-state index in [1.807, 2.05) is 0 Å². The van der Waals surface area contributed by atoms with Crippen molar-refractivity contribution in [3.05, 3.63) is 23.8 Å². The second kappa shape index (κ2) is 6.75. The lowest BCUT2D eigenvalue weighted by molar-refractivity contribution is -0.864. The zero-order chi connectivity index (χ0) is 14.4. The predicted octanol–water partition coefficient (Wildman–Crippen LogP) is -1.85. The van der Waals surface area contributed by atoms with Crippen LogP contribution >= 0.6 is 0 Å².